The highest BCUT2D eigenvalue weighted by Crippen LogP contribution is 2.27. The lowest BCUT2D eigenvalue weighted by atomic mass is 10.1. The van der Waals surface area contributed by atoms with E-state index >= 15 is 0 Å². The highest BCUT2D eigenvalue weighted by atomic mass is 16.5. The number of nitrogens with one attached hydrogen (secondary N) is 1. The fourth-order valence-electron chi connectivity index (χ4n) is 3.81. The van der Waals surface area contributed by atoms with Crippen molar-refractivity contribution >= 4 is 16.8 Å². The maximum Gasteiger partial charge on any atom is 0.260 e. The van der Waals surface area contributed by atoms with Crippen LogP contribution in [0, 0.1) is 20.8 Å². The quantitative estimate of drug-likeness (QED) is 0.762. The van der Waals surface area contributed by atoms with Crippen molar-refractivity contribution in [3.63, 3.8) is 0 Å². The van der Waals surface area contributed by atoms with Crippen LogP contribution in [-0.2, 0) is 17.6 Å². The molecule has 2 aromatic carbocycles. The smallest absolute Gasteiger partial charge is 0.260 e. The predicted octanol–water partition coefficient (Wildman–Crippen LogP) is 4.10. The summed E-state index contributed by atoms with van der Waals surface area (Å²) in [6.07, 6.45) is 1.74. The Labute approximate surface area is 160 Å². The third-order valence-corrected chi connectivity index (χ3v) is 5.61. The van der Waals surface area contributed by atoms with E-state index in [1.54, 1.807) is 0 Å². The molecule has 2 heterocycles. The molecule has 0 saturated carbocycles. The van der Waals surface area contributed by atoms with Gasteiger partial charge in [-0.3, -0.25) is 4.79 Å². The number of H-pyrrole nitrogens is 1. The molecule has 4 heteroatoms. The minimum atomic E-state index is 0.0545. The van der Waals surface area contributed by atoms with Crippen LogP contribution in [0.25, 0.3) is 10.9 Å². The second-order valence-corrected chi connectivity index (χ2v) is 7.55. The molecule has 4 nitrogen and oxygen atoms in total. The third kappa shape index (κ3) is 3.57. The lowest BCUT2D eigenvalue weighted by Crippen LogP contribution is -2.36. The fraction of sp³-hybridized carbons (Fsp3) is 0.348. The molecule has 0 bridgehead atoms. The van der Waals surface area contributed by atoms with Crippen molar-refractivity contribution in [1.29, 1.82) is 0 Å². The van der Waals surface area contributed by atoms with E-state index in [9.17, 15) is 4.79 Å². The number of carbonyl (C=O) groups is 1. The number of rotatable bonds is 3. The van der Waals surface area contributed by atoms with Crippen molar-refractivity contribution in [3.05, 3.63) is 64.3 Å². The monoisotopic (exact) mass is 362 g/mol. The average Bonchev–Trinajstić information content (AvgIpc) is 2.85. The number of hydrogen-bond donors (Lipinski definition) is 1. The van der Waals surface area contributed by atoms with E-state index in [4.69, 9.17) is 4.74 Å². The van der Waals surface area contributed by atoms with Crippen molar-refractivity contribution in [1.82, 2.24) is 9.88 Å². The molecule has 0 unspecified atom stereocenters. The van der Waals surface area contributed by atoms with Crippen LogP contribution in [0.1, 0.15) is 27.9 Å². The van der Waals surface area contributed by atoms with Gasteiger partial charge in [0.1, 0.15) is 5.75 Å². The number of aryl methyl sites for hydroxylation is 3. The zero-order chi connectivity index (χ0) is 19.0. The van der Waals surface area contributed by atoms with Gasteiger partial charge in [-0.1, -0.05) is 17.7 Å². The summed E-state index contributed by atoms with van der Waals surface area (Å²) in [5.74, 6) is 0.812. The molecule has 140 valence electrons. The lowest BCUT2D eigenvalue weighted by Gasteiger charge is -2.20. The molecule has 1 aliphatic heterocycles. The van der Waals surface area contributed by atoms with E-state index in [1.807, 2.05) is 23.1 Å². The Bertz CT molecular complexity index is 1000. The Hall–Kier alpha value is -2.75. The minimum absolute atomic E-state index is 0.0545. The molecule has 1 amide bonds. The number of aromatic nitrogens is 1. The summed E-state index contributed by atoms with van der Waals surface area (Å²) in [5, 5.41) is 1.30. The lowest BCUT2D eigenvalue weighted by molar-refractivity contribution is -0.133. The van der Waals surface area contributed by atoms with Crippen LogP contribution in [0.2, 0.25) is 0 Å². The van der Waals surface area contributed by atoms with Gasteiger partial charge < -0.3 is 14.6 Å². The van der Waals surface area contributed by atoms with Gasteiger partial charge in [-0.2, -0.15) is 0 Å². The predicted molar refractivity (Wildman–Crippen MR) is 108 cm³/mol. The SMILES string of the molecule is Cc1ccc2[nH]c3c(c2c1)CCN(C(=O)COc1ccc(C)c(C)c1)CC3. The molecular weight excluding hydrogens is 336 g/mol. The topological polar surface area (TPSA) is 45.3 Å². The molecule has 27 heavy (non-hydrogen) atoms. The van der Waals surface area contributed by atoms with Gasteiger partial charge in [0.05, 0.1) is 0 Å². The number of aromatic amines is 1. The van der Waals surface area contributed by atoms with E-state index in [0.29, 0.717) is 0 Å². The van der Waals surface area contributed by atoms with Crippen LogP contribution in [-0.4, -0.2) is 35.5 Å². The van der Waals surface area contributed by atoms with Crippen LogP contribution >= 0.6 is 0 Å². The second-order valence-electron chi connectivity index (χ2n) is 7.55. The van der Waals surface area contributed by atoms with Crippen LogP contribution in [0.3, 0.4) is 0 Å². The van der Waals surface area contributed by atoms with Crippen LogP contribution in [0.4, 0.5) is 0 Å². The Morgan fingerprint density at radius 2 is 1.85 bits per heavy atom. The normalized spacial score (nSPS) is 14.1. The Balaban J connectivity index is 1.42. The first-order chi connectivity index (χ1) is 13.0. The number of benzene rings is 2. The van der Waals surface area contributed by atoms with Crippen LogP contribution in [0.5, 0.6) is 5.75 Å². The zero-order valence-corrected chi connectivity index (χ0v) is 16.3. The molecule has 0 saturated heterocycles. The van der Waals surface area contributed by atoms with Gasteiger partial charge in [0, 0.05) is 36.1 Å². The maximum absolute atomic E-state index is 12.7. The van der Waals surface area contributed by atoms with Gasteiger partial charge >= 0.3 is 0 Å². The Kier molecular flexibility index (Phi) is 4.65. The molecule has 4 rings (SSSR count). The molecule has 0 spiro atoms. The number of amides is 1. The highest BCUT2D eigenvalue weighted by Gasteiger charge is 2.21. The molecule has 3 aromatic rings. The van der Waals surface area contributed by atoms with E-state index in [-0.39, 0.29) is 12.5 Å². The number of hydrogen-bond acceptors (Lipinski definition) is 2. The van der Waals surface area contributed by atoms with Crippen molar-refractivity contribution in [3.8, 4) is 5.75 Å². The maximum atomic E-state index is 12.7. The van der Waals surface area contributed by atoms with E-state index < -0.39 is 0 Å². The Morgan fingerprint density at radius 1 is 1.04 bits per heavy atom. The van der Waals surface area contributed by atoms with E-state index in [0.717, 1.165) is 31.7 Å². The zero-order valence-electron chi connectivity index (χ0n) is 16.3. The summed E-state index contributed by atoms with van der Waals surface area (Å²) < 4.78 is 5.74. The van der Waals surface area contributed by atoms with E-state index in [2.05, 4.69) is 44.0 Å². The first-order valence-corrected chi connectivity index (χ1v) is 9.59. The number of carbonyl (C=O) groups excluding carboxylic acids is 1. The summed E-state index contributed by atoms with van der Waals surface area (Å²) in [6.45, 7) is 7.81. The molecule has 1 N–H and O–H groups in total. The largest absolute Gasteiger partial charge is 0.484 e. The molecule has 0 radical (unpaired) electrons. The van der Waals surface area contributed by atoms with Crippen LogP contribution < -0.4 is 4.74 Å². The number of fused-ring (bicyclic) bond motifs is 3. The summed E-state index contributed by atoms with van der Waals surface area (Å²) in [7, 11) is 0. The average molecular weight is 362 g/mol. The second kappa shape index (κ2) is 7.10. The standard InChI is InChI=1S/C23H26N2O2/c1-15-4-7-21-20(12-15)19-8-10-25(11-9-22(19)24-21)23(26)14-27-18-6-5-16(2)17(3)13-18/h4-7,12-13,24H,8-11,14H2,1-3H3. The third-order valence-electron chi connectivity index (χ3n) is 5.61. The van der Waals surface area contributed by atoms with Gasteiger partial charge in [-0.25, -0.2) is 0 Å². The highest BCUT2D eigenvalue weighted by molar-refractivity contribution is 5.86. The number of nitrogens with zero attached hydrogens (tertiary/aromatic N) is 1. The van der Waals surface area contributed by atoms with E-state index in [1.165, 1.54) is 38.9 Å². The molecular formula is C23H26N2O2. The molecule has 1 aromatic heterocycles. The summed E-state index contributed by atoms with van der Waals surface area (Å²) >= 11 is 0. The van der Waals surface area contributed by atoms with Gasteiger partial charge in [0.25, 0.3) is 5.91 Å². The van der Waals surface area contributed by atoms with Crippen molar-refractivity contribution < 1.29 is 9.53 Å². The first kappa shape index (κ1) is 17.7. The van der Waals surface area contributed by atoms with Gasteiger partial charge in [0.15, 0.2) is 6.61 Å². The molecule has 1 aliphatic rings. The van der Waals surface area contributed by atoms with Crippen LogP contribution in [0.15, 0.2) is 36.4 Å². The van der Waals surface area contributed by atoms with Gasteiger partial charge in [-0.15, -0.1) is 0 Å². The van der Waals surface area contributed by atoms with Gasteiger partial charge in [0.2, 0.25) is 0 Å². The van der Waals surface area contributed by atoms with Crippen molar-refractivity contribution in [2.45, 2.75) is 33.6 Å². The number of ether oxygens (including phenoxy) is 1. The fourth-order valence-corrected chi connectivity index (χ4v) is 3.81. The van der Waals surface area contributed by atoms with Crippen molar-refractivity contribution in [2.75, 3.05) is 19.7 Å². The summed E-state index contributed by atoms with van der Waals surface area (Å²) in [5.41, 5.74) is 7.49. The Morgan fingerprint density at radius 3 is 2.67 bits per heavy atom. The minimum Gasteiger partial charge on any atom is -0.484 e. The summed E-state index contributed by atoms with van der Waals surface area (Å²) in [6, 6.07) is 12.5. The van der Waals surface area contributed by atoms with Crippen molar-refractivity contribution in [2.24, 2.45) is 0 Å². The molecule has 0 fully saturated rings. The molecule has 0 aliphatic carbocycles. The van der Waals surface area contributed by atoms with Gasteiger partial charge in [-0.05, 0) is 68.1 Å². The first-order valence-electron chi connectivity index (χ1n) is 9.59. The summed E-state index contributed by atoms with van der Waals surface area (Å²) in [4.78, 5) is 18.1. The molecule has 0 atom stereocenters.